The summed E-state index contributed by atoms with van der Waals surface area (Å²) in [5.74, 6) is 1.00. The minimum Gasteiger partial charge on any atom is -0.504 e. The fourth-order valence-corrected chi connectivity index (χ4v) is 3.53. The third-order valence-corrected chi connectivity index (χ3v) is 4.68. The van der Waals surface area contributed by atoms with Crippen LogP contribution in [0.4, 0.5) is 5.82 Å². The molecule has 25 heavy (non-hydrogen) atoms. The average Bonchev–Trinajstić information content (AvgIpc) is 3.02. The molecule has 0 spiro atoms. The van der Waals surface area contributed by atoms with Gasteiger partial charge in [-0.1, -0.05) is 6.07 Å². The lowest BCUT2D eigenvalue weighted by Gasteiger charge is -2.33. The molecule has 1 aromatic carbocycles. The molecule has 2 heterocycles. The number of ketones is 1. The number of anilines is 1. The van der Waals surface area contributed by atoms with E-state index in [1.165, 1.54) is 13.3 Å². The zero-order valence-electron chi connectivity index (χ0n) is 13.6. The van der Waals surface area contributed by atoms with Crippen LogP contribution in [0.5, 0.6) is 11.5 Å². The number of nitrogens with zero attached hydrogens (tertiary/aromatic N) is 3. The van der Waals surface area contributed by atoms with Crippen molar-refractivity contribution in [3.63, 3.8) is 0 Å². The second-order valence-corrected chi connectivity index (χ2v) is 6.09. The van der Waals surface area contributed by atoms with Crippen LogP contribution in [0.2, 0.25) is 0 Å². The number of hydrogen-bond acceptors (Lipinski definition) is 6. The quantitative estimate of drug-likeness (QED) is 0.874. The Balaban J connectivity index is 1.93. The minimum atomic E-state index is -0.474. The van der Waals surface area contributed by atoms with Crippen LogP contribution in [0.25, 0.3) is 0 Å². The number of nitrogens with one attached hydrogen (secondary N) is 1. The van der Waals surface area contributed by atoms with Crippen LogP contribution in [0.15, 0.2) is 35.7 Å². The van der Waals surface area contributed by atoms with Gasteiger partial charge < -0.3 is 15.2 Å². The van der Waals surface area contributed by atoms with Gasteiger partial charge in [0, 0.05) is 17.7 Å². The summed E-state index contributed by atoms with van der Waals surface area (Å²) in [4.78, 5) is 12.6. The maximum absolute atomic E-state index is 12.6. The summed E-state index contributed by atoms with van der Waals surface area (Å²) in [6.45, 7) is 0. The smallest absolute Gasteiger partial charge is 0.163 e. The van der Waals surface area contributed by atoms with Gasteiger partial charge in [-0.2, -0.15) is 10.4 Å². The van der Waals surface area contributed by atoms with Gasteiger partial charge in [0.2, 0.25) is 0 Å². The van der Waals surface area contributed by atoms with Gasteiger partial charge in [-0.3, -0.25) is 4.79 Å². The number of rotatable bonds is 2. The lowest BCUT2D eigenvalue weighted by Crippen LogP contribution is -2.31. The SMILES string of the molecule is COc1ccc([C@@H]2C3=C(CCCC3=O)Nc3c(C#N)cnn32)cc1O. The lowest BCUT2D eigenvalue weighted by atomic mass is 9.85. The van der Waals surface area contributed by atoms with Crippen LogP contribution in [0.1, 0.15) is 36.4 Å². The second-order valence-electron chi connectivity index (χ2n) is 6.09. The van der Waals surface area contributed by atoms with E-state index in [9.17, 15) is 15.2 Å². The van der Waals surface area contributed by atoms with Gasteiger partial charge >= 0.3 is 0 Å². The molecule has 0 bridgehead atoms. The monoisotopic (exact) mass is 336 g/mol. The molecule has 0 fully saturated rings. The highest BCUT2D eigenvalue weighted by Gasteiger charge is 2.36. The first-order valence-electron chi connectivity index (χ1n) is 8.01. The normalized spacial score (nSPS) is 18.9. The summed E-state index contributed by atoms with van der Waals surface area (Å²) in [5, 5.41) is 27.0. The van der Waals surface area contributed by atoms with E-state index >= 15 is 0 Å². The number of aromatic nitrogens is 2. The van der Waals surface area contributed by atoms with Crippen molar-refractivity contribution in [3.05, 3.63) is 46.8 Å². The summed E-state index contributed by atoms with van der Waals surface area (Å²) < 4.78 is 6.74. The molecule has 0 saturated carbocycles. The maximum Gasteiger partial charge on any atom is 0.163 e. The van der Waals surface area contributed by atoms with E-state index in [-0.39, 0.29) is 11.5 Å². The Morgan fingerprint density at radius 2 is 2.28 bits per heavy atom. The first-order chi connectivity index (χ1) is 12.1. The molecule has 0 unspecified atom stereocenters. The Bertz CT molecular complexity index is 952. The second kappa shape index (κ2) is 5.67. The van der Waals surface area contributed by atoms with Crippen molar-refractivity contribution in [1.82, 2.24) is 9.78 Å². The van der Waals surface area contributed by atoms with Crippen molar-refractivity contribution in [3.8, 4) is 17.6 Å². The van der Waals surface area contributed by atoms with Gasteiger partial charge in [0.1, 0.15) is 23.5 Å². The van der Waals surface area contributed by atoms with Crippen LogP contribution in [-0.2, 0) is 4.79 Å². The number of phenols is 1. The standard InChI is InChI=1S/C18H16N4O3/c1-25-15-6-5-10(7-14(15)24)17-16-12(3-2-4-13(16)23)21-18-11(8-19)9-20-22(17)18/h5-7,9,17,21,24H,2-4H2,1H3/t17-/m1/s1. The number of carbonyl (C=O) groups excluding carboxylic acids is 1. The van der Waals surface area contributed by atoms with E-state index in [1.807, 2.05) is 0 Å². The van der Waals surface area contributed by atoms with Crippen molar-refractivity contribution in [1.29, 1.82) is 5.26 Å². The number of Topliss-reactive ketones (excluding diaryl/α,β-unsaturated/α-hetero) is 1. The van der Waals surface area contributed by atoms with Gasteiger partial charge in [-0.05, 0) is 30.5 Å². The molecule has 126 valence electrons. The Morgan fingerprint density at radius 3 is 3.00 bits per heavy atom. The molecule has 1 aromatic heterocycles. The highest BCUT2D eigenvalue weighted by molar-refractivity contribution is 5.99. The van der Waals surface area contributed by atoms with Gasteiger partial charge in [-0.15, -0.1) is 0 Å². The molecular weight excluding hydrogens is 320 g/mol. The molecule has 0 saturated heterocycles. The van der Waals surface area contributed by atoms with Crippen molar-refractivity contribution in [2.24, 2.45) is 0 Å². The summed E-state index contributed by atoms with van der Waals surface area (Å²) in [6, 6.07) is 6.69. The number of benzene rings is 1. The average molecular weight is 336 g/mol. The lowest BCUT2D eigenvalue weighted by molar-refractivity contribution is -0.116. The number of ether oxygens (including phenoxy) is 1. The molecule has 4 rings (SSSR count). The molecule has 7 nitrogen and oxygen atoms in total. The zero-order chi connectivity index (χ0) is 17.6. The predicted molar refractivity (Wildman–Crippen MR) is 89.2 cm³/mol. The molecule has 7 heteroatoms. The molecule has 1 aliphatic carbocycles. The fraction of sp³-hybridized carbons (Fsp3) is 0.278. The molecule has 1 atom stereocenters. The summed E-state index contributed by atoms with van der Waals surface area (Å²) in [7, 11) is 1.48. The van der Waals surface area contributed by atoms with Gasteiger partial charge in [-0.25, -0.2) is 4.68 Å². The van der Waals surface area contributed by atoms with Gasteiger partial charge in [0.15, 0.2) is 17.3 Å². The number of methoxy groups -OCH3 is 1. The van der Waals surface area contributed by atoms with Crippen LogP contribution in [0, 0.1) is 11.3 Å². The molecule has 2 aromatic rings. The Kier molecular flexibility index (Phi) is 3.46. The van der Waals surface area contributed by atoms with Crippen LogP contribution in [-0.4, -0.2) is 27.8 Å². The van der Waals surface area contributed by atoms with Crippen molar-refractivity contribution in [2.75, 3.05) is 12.4 Å². The highest BCUT2D eigenvalue weighted by atomic mass is 16.5. The number of allylic oxidation sites excluding steroid dienone is 2. The number of carbonyl (C=O) groups is 1. The summed E-state index contributed by atoms with van der Waals surface area (Å²) >= 11 is 0. The van der Waals surface area contributed by atoms with E-state index in [1.54, 1.807) is 22.9 Å². The van der Waals surface area contributed by atoms with Crippen molar-refractivity contribution in [2.45, 2.75) is 25.3 Å². The third-order valence-electron chi connectivity index (χ3n) is 4.68. The van der Waals surface area contributed by atoms with Crippen molar-refractivity contribution < 1.29 is 14.6 Å². The molecule has 2 aliphatic rings. The van der Waals surface area contributed by atoms with E-state index in [0.29, 0.717) is 29.1 Å². The van der Waals surface area contributed by atoms with E-state index in [4.69, 9.17) is 4.74 Å². The Labute approximate surface area is 144 Å². The van der Waals surface area contributed by atoms with Gasteiger partial charge in [0.25, 0.3) is 0 Å². The Morgan fingerprint density at radius 1 is 1.44 bits per heavy atom. The predicted octanol–water partition coefficient (Wildman–Crippen LogP) is 2.49. The number of hydrogen-bond donors (Lipinski definition) is 2. The largest absolute Gasteiger partial charge is 0.504 e. The summed E-state index contributed by atoms with van der Waals surface area (Å²) in [5.41, 5.74) is 2.63. The van der Waals surface area contributed by atoms with Crippen LogP contribution in [0.3, 0.4) is 0 Å². The van der Waals surface area contributed by atoms with Crippen LogP contribution >= 0.6 is 0 Å². The van der Waals surface area contributed by atoms with Crippen molar-refractivity contribution >= 4 is 11.6 Å². The molecule has 1 aliphatic heterocycles. The maximum atomic E-state index is 12.6. The third kappa shape index (κ3) is 2.26. The van der Waals surface area contributed by atoms with E-state index in [2.05, 4.69) is 16.5 Å². The van der Waals surface area contributed by atoms with Gasteiger partial charge in [0.05, 0.1) is 13.3 Å². The number of phenolic OH excluding ortho intramolecular Hbond substituents is 1. The first-order valence-corrected chi connectivity index (χ1v) is 8.01. The van der Waals surface area contributed by atoms with Crippen LogP contribution < -0.4 is 10.1 Å². The molecule has 0 amide bonds. The van der Waals surface area contributed by atoms with E-state index in [0.717, 1.165) is 24.1 Å². The highest BCUT2D eigenvalue weighted by Crippen LogP contribution is 2.42. The fourth-order valence-electron chi connectivity index (χ4n) is 3.53. The molecular formula is C18H16N4O3. The first kappa shape index (κ1) is 15.3. The molecule has 2 N–H and O–H groups in total. The Hall–Kier alpha value is -3.27. The topological polar surface area (TPSA) is 100 Å². The molecule has 0 radical (unpaired) electrons. The summed E-state index contributed by atoms with van der Waals surface area (Å²) in [6.07, 6.45) is 3.50. The zero-order valence-corrected chi connectivity index (χ0v) is 13.6. The number of nitriles is 1. The number of fused-ring (bicyclic) bond motifs is 1. The number of aromatic hydroxyl groups is 1. The van der Waals surface area contributed by atoms with E-state index < -0.39 is 6.04 Å². The minimum absolute atomic E-state index is 0.00171.